The highest BCUT2D eigenvalue weighted by Gasteiger charge is 2.07. The number of phenolic OH excluding ortho intramolecular Hbond substituents is 1. The maximum atomic E-state index is 9.43. The van der Waals surface area contributed by atoms with Crippen molar-refractivity contribution < 1.29 is 5.11 Å². The molecule has 0 saturated carbocycles. The Morgan fingerprint density at radius 3 is 2.54 bits per heavy atom. The second kappa shape index (κ2) is 5.84. The molecule has 1 atom stereocenters. The van der Waals surface area contributed by atoms with Crippen LogP contribution in [-0.2, 0) is 0 Å². The lowest BCUT2D eigenvalue weighted by Gasteiger charge is -2.11. The molecule has 0 aliphatic heterocycles. The number of halogens is 1. The molecular formula is C10H16ClNO. The third kappa shape index (κ3) is 3.25. The number of benzene rings is 1. The van der Waals surface area contributed by atoms with Crippen molar-refractivity contribution in [1.82, 2.24) is 0 Å². The van der Waals surface area contributed by atoms with Crippen LogP contribution in [0.5, 0.6) is 5.75 Å². The third-order valence-electron chi connectivity index (χ3n) is 1.94. The molecule has 0 fully saturated rings. The summed E-state index contributed by atoms with van der Waals surface area (Å²) in [6.07, 6.45) is 1.95. The Bertz CT molecular complexity index is 252. The maximum absolute atomic E-state index is 9.43. The zero-order chi connectivity index (χ0) is 8.97. The van der Waals surface area contributed by atoms with E-state index in [4.69, 9.17) is 5.73 Å². The Balaban J connectivity index is 0.00000144. The van der Waals surface area contributed by atoms with Crippen molar-refractivity contribution in [2.24, 2.45) is 5.73 Å². The molecule has 0 aliphatic rings. The van der Waals surface area contributed by atoms with Gasteiger partial charge in [0, 0.05) is 11.6 Å². The largest absolute Gasteiger partial charge is 0.508 e. The van der Waals surface area contributed by atoms with Gasteiger partial charge in [-0.05, 0) is 12.5 Å². The Kier molecular flexibility index (Phi) is 5.51. The van der Waals surface area contributed by atoms with E-state index < -0.39 is 0 Å². The van der Waals surface area contributed by atoms with E-state index >= 15 is 0 Å². The van der Waals surface area contributed by atoms with Gasteiger partial charge in [-0.25, -0.2) is 0 Å². The lowest BCUT2D eigenvalue weighted by Crippen LogP contribution is -2.09. The zero-order valence-corrected chi connectivity index (χ0v) is 8.55. The highest BCUT2D eigenvalue weighted by atomic mass is 35.5. The summed E-state index contributed by atoms with van der Waals surface area (Å²) in [4.78, 5) is 0. The van der Waals surface area contributed by atoms with Crippen LogP contribution in [0.3, 0.4) is 0 Å². The highest BCUT2D eigenvalue weighted by Crippen LogP contribution is 2.24. The molecular weight excluding hydrogens is 186 g/mol. The molecule has 0 heterocycles. The normalized spacial score (nSPS) is 11.8. The first kappa shape index (κ1) is 12.3. The topological polar surface area (TPSA) is 46.2 Å². The van der Waals surface area contributed by atoms with Crippen LogP contribution in [0.25, 0.3) is 0 Å². The van der Waals surface area contributed by atoms with Gasteiger partial charge in [0.1, 0.15) is 5.75 Å². The molecule has 13 heavy (non-hydrogen) atoms. The summed E-state index contributed by atoms with van der Waals surface area (Å²) in [7, 11) is 0. The molecule has 0 aromatic heterocycles. The standard InChI is InChI=1S/C10H15NO.ClH/c1-2-5-9(11)8-6-3-4-7-10(8)12;/h3-4,6-7,9,12H,2,5,11H2,1H3;1H/t9-;/m0./s1. The van der Waals surface area contributed by atoms with E-state index in [1.807, 2.05) is 12.1 Å². The highest BCUT2D eigenvalue weighted by molar-refractivity contribution is 5.85. The number of aromatic hydroxyl groups is 1. The Labute approximate surface area is 85.2 Å². The van der Waals surface area contributed by atoms with Crippen molar-refractivity contribution in [3.63, 3.8) is 0 Å². The van der Waals surface area contributed by atoms with E-state index in [-0.39, 0.29) is 18.4 Å². The van der Waals surface area contributed by atoms with E-state index in [0.717, 1.165) is 18.4 Å². The molecule has 1 aromatic rings. The molecule has 0 unspecified atom stereocenters. The van der Waals surface area contributed by atoms with Gasteiger partial charge in [-0.15, -0.1) is 12.4 Å². The number of hydrogen-bond donors (Lipinski definition) is 2. The van der Waals surface area contributed by atoms with Gasteiger partial charge in [0.05, 0.1) is 0 Å². The van der Waals surface area contributed by atoms with Crippen LogP contribution < -0.4 is 5.73 Å². The minimum atomic E-state index is -0.0313. The van der Waals surface area contributed by atoms with Crippen LogP contribution in [0.4, 0.5) is 0 Å². The Morgan fingerprint density at radius 1 is 1.38 bits per heavy atom. The Morgan fingerprint density at radius 2 is 2.00 bits per heavy atom. The number of rotatable bonds is 3. The fourth-order valence-electron chi connectivity index (χ4n) is 1.27. The van der Waals surface area contributed by atoms with Crippen LogP contribution in [-0.4, -0.2) is 5.11 Å². The smallest absolute Gasteiger partial charge is 0.120 e. The summed E-state index contributed by atoms with van der Waals surface area (Å²) < 4.78 is 0. The summed E-state index contributed by atoms with van der Waals surface area (Å²) in [6, 6.07) is 7.21. The molecule has 3 heteroatoms. The summed E-state index contributed by atoms with van der Waals surface area (Å²) in [5.41, 5.74) is 6.69. The van der Waals surface area contributed by atoms with Crippen molar-refractivity contribution in [1.29, 1.82) is 0 Å². The van der Waals surface area contributed by atoms with Gasteiger partial charge >= 0.3 is 0 Å². The van der Waals surface area contributed by atoms with Crippen LogP contribution >= 0.6 is 12.4 Å². The molecule has 1 aromatic carbocycles. The predicted octanol–water partition coefficient (Wildman–Crippen LogP) is 2.61. The first-order valence-electron chi connectivity index (χ1n) is 4.29. The van der Waals surface area contributed by atoms with Crippen LogP contribution in [0.1, 0.15) is 31.4 Å². The van der Waals surface area contributed by atoms with Gasteiger partial charge in [-0.2, -0.15) is 0 Å². The average Bonchev–Trinajstić information content (AvgIpc) is 2.05. The number of nitrogens with two attached hydrogens (primary N) is 1. The van der Waals surface area contributed by atoms with Crippen molar-refractivity contribution in [2.45, 2.75) is 25.8 Å². The summed E-state index contributed by atoms with van der Waals surface area (Å²) >= 11 is 0. The fourth-order valence-corrected chi connectivity index (χ4v) is 1.27. The monoisotopic (exact) mass is 201 g/mol. The van der Waals surface area contributed by atoms with Gasteiger partial charge in [0.2, 0.25) is 0 Å². The molecule has 0 saturated heterocycles. The van der Waals surface area contributed by atoms with E-state index in [1.54, 1.807) is 12.1 Å². The van der Waals surface area contributed by atoms with Crippen LogP contribution in [0.15, 0.2) is 24.3 Å². The SMILES string of the molecule is CCC[C@H](N)c1ccccc1O.Cl. The molecule has 0 amide bonds. The summed E-state index contributed by atoms with van der Waals surface area (Å²) in [5.74, 6) is 0.304. The minimum absolute atomic E-state index is 0. The van der Waals surface area contributed by atoms with Gasteiger partial charge in [0.15, 0.2) is 0 Å². The zero-order valence-electron chi connectivity index (χ0n) is 7.73. The number of phenols is 1. The molecule has 0 radical (unpaired) electrons. The third-order valence-corrected chi connectivity index (χ3v) is 1.94. The molecule has 2 nitrogen and oxygen atoms in total. The van der Waals surface area contributed by atoms with Crippen molar-refractivity contribution >= 4 is 12.4 Å². The molecule has 0 aliphatic carbocycles. The quantitative estimate of drug-likeness (QED) is 0.790. The van der Waals surface area contributed by atoms with Crippen molar-refractivity contribution in [3.05, 3.63) is 29.8 Å². The van der Waals surface area contributed by atoms with E-state index in [0.29, 0.717) is 5.75 Å². The molecule has 0 bridgehead atoms. The van der Waals surface area contributed by atoms with Crippen molar-refractivity contribution in [2.75, 3.05) is 0 Å². The predicted molar refractivity (Wildman–Crippen MR) is 57.2 cm³/mol. The van der Waals surface area contributed by atoms with Gasteiger partial charge < -0.3 is 10.8 Å². The summed E-state index contributed by atoms with van der Waals surface area (Å²) in [6.45, 7) is 2.08. The van der Waals surface area contributed by atoms with Crippen LogP contribution in [0.2, 0.25) is 0 Å². The second-order valence-corrected chi connectivity index (χ2v) is 2.95. The van der Waals surface area contributed by atoms with E-state index in [9.17, 15) is 5.11 Å². The fraction of sp³-hybridized carbons (Fsp3) is 0.400. The van der Waals surface area contributed by atoms with Gasteiger partial charge in [0.25, 0.3) is 0 Å². The molecule has 3 N–H and O–H groups in total. The molecule has 74 valence electrons. The van der Waals surface area contributed by atoms with Gasteiger partial charge in [-0.1, -0.05) is 31.5 Å². The average molecular weight is 202 g/mol. The van der Waals surface area contributed by atoms with Gasteiger partial charge in [-0.3, -0.25) is 0 Å². The second-order valence-electron chi connectivity index (χ2n) is 2.95. The lowest BCUT2D eigenvalue weighted by molar-refractivity contribution is 0.458. The number of para-hydroxylation sites is 1. The lowest BCUT2D eigenvalue weighted by atomic mass is 10.0. The maximum Gasteiger partial charge on any atom is 0.120 e. The Hall–Kier alpha value is -0.730. The molecule has 1 rings (SSSR count). The number of hydrogen-bond acceptors (Lipinski definition) is 2. The first-order chi connectivity index (χ1) is 5.75. The summed E-state index contributed by atoms with van der Waals surface area (Å²) in [5, 5.41) is 9.43. The minimum Gasteiger partial charge on any atom is -0.508 e. The molecule has 0 spiro atoms. The van der Waals surface area contributed by atoms with Crippen molar-refractivity contribution in [3.8, 4) is 5.75 Å². The van der Waals surface area contributed by atoms with E-state index in [1.165, 1.54) is 0 Å². The first-order valence-corrected chi connectivity index (χ1v) is 4.29. The van der Waals surface area contributed by atoms with E-state index in [2.05, 4.69) is 6.92 Å². The van der Waals surface area contributed by atoms with Crippen LogP contribution in [0, 0.1) is 0 Å².